The van der Waals surface area contributed by atoms with Gasteiger partial charge in [0, 0.05) is 0 Å². The maximum Gasteiger partial charge on any atom is 0.222 e. The van der Waals surface area contributed by atoms with E-state index in [0.717, 1.165) is 25.7 Å². The molecule has 5 heteroatoms. The summed E-state index contributed by atoms with van der Waals surface area (Å²) >= 11 is 0. The van der Waals surface area contributed by atoms with E-state index in [1.54, 1.807) is 0 Å². The molecule has 4 N–H and O–H groups in total. The minimum Gasteiger partial charge on any atom is -0.394 e. The van der Waals surface area contributed by atoms with E-state index in [-0.39, 0.29) is 18.9 Å². The highest BCUT2D eigenvalue weighted by molar-refractivity contribution is 5.76. The fraction of sp³-hybridized carbons (Fsp3) is 0.935. The average Bonchev–Trinajstić information content (AvgIpc) is 3.12. The van der Waals surface area contributed by atoms with Gasteiger partial charge in [0.15, 0.2) is 0 Å². The zero-order valence-corrected chi connectivity index (χ0v) is 34.5. The Morgan fingerprint density at radius 1 is 0.471 bits per heavy atom. The highest BCUT2D eigenvalue weighted by Crippen LogP contribution is 2.16. The van der Waals surface area contributed by atoms with Gasteiger partial charge < -0.3 is 20.6 Å². The van der Waals surface area contributed by atoms with E-state index < -0.39 is 18.2 Å². The standard InChI is InChI=1S/C46H91NO4/c1-3-5-7-9-11-13-15-17-19-20-21-22-23-24-26-27-29-31-33-35-37-39-43(49)41-46(51)47-44(42-48)45(50)40-38-36-34-32-30-28-25-18-16-14-12-10-8-6-4-2/h24,26,43-45,48-50H,3-23,25,27-42H2,1-2H3,(H,47,51)/b26-24-. The molecule has 51 heavy (non-hydrogen) atoms. The van der Waals surface area contributed by atoms with Gasteiger partial charge in [-0.3, -0.25) is 4.79 Å². The molecule has 0 aliphatic heterocycles. The maximum atomic E-state index is 12.5. The number of aliphatic hydroxyl groups excluding tert-OH is 3. The molecule has 0 aromatic heterocycles. The van der Waals surface area contributed by atoms with Gasteiger partial charge in [-0.15, -0.1) is 0 Å². The third kappa shape index (κ3) is 38.6. The average molecular weight is 722 g/mol. The molecule has 0 radical (unpaired) electrons. The van der Waals surface area contributed by atoms with Gasteiger partial charge in [0.05, 0.1) is 31.3 Å². The number of unbranched alkanes of at least 4 members (excludes halogenated alkanes) is 31. The van der Waals surface area contributed by atoms with Crippen molar-refractivity contribution in [2.24, 2.45) is 0 Å². The van der Waals surface area contributed by atoms with Gasteiger partial charge in [0.1, 0.15) is 0 Å². The molecule has 0 heterocycles. The zero-order chi connectivity index (χ0) is 37.3. The molecule has 0 fully saturated rings. The summed E-state index contributed by atoms with van der Waals surface area (Å²) in [7, 11) is 0. The predicted octanol–water partition coefficient (Wildman–Crippen LogP) is 13.2. The molecular formula is C46H91NO4. The van der Waals surface area contributed by atoms with Crippen molar-refractivity contribution in [3.05, 3.63) is 12.2 Å². The molecule has 3 atom stereocenters. The Morgan fingerprint density at radius 2 is 0.784 bits per heavy atom. The quantitative estimate of drug-likeness (QED) is 0.0373. The third-order valence-corrected chi connectivity index (χ3v) is 10.8. The Bertz CT molecular complexity index is 713. The van der Waals surface area contributed by atoms with Gasteiger partial charge in [0.2, 0.25) is 5.91 Å². The molecule has 5 nitrogen and oxygen atoms in total. The van der Waals surface area contributed by atoms with Crippen molar-refractivity contribution >= 4 is 5.91 Å². The molecule has 0 saturated heterocycles. The van der Waals surface area contributed by atoms with Crippen LogP contribution in [0.4, 0.5) is 0 Å². The lowest BCUT2D eigenvalue weighted by molar-refractivity contribution is -0.125. The smallest absolute Gasteiger partial charge is 0.222 e. The predicted molar refractivity (Wildman–Crippen MR) is 222 cm³/mol. The molecule has 304 valence electrons. The van der Waals surface area contributed by atoms with E-state index in [9.17, 15) is 20.1 Å². The zero-order valence-electron chi connectivity index (χ0n) is 34.5. The second-order valence-electron chi connectivity index (χ2n) is 16.0. The van der Waals surface area contributed by atoms with E-state index in [1.165, 1.54) is 193 Å². The van der Waals surface area contributed by atoms with Crippen molar-refractivity contribution in [2.45, 2.75) is 270 Å². The Balaban J connectivity index is 3.59. The summed E-state index contributed by atoms with van der Waals surface area (Å²) in [6.07, 6.45) is 49.0. The minimum atomic E-state index is -0.748. The van der Waals surface area contributed by atoms with Crippen LogP contribution in [0.25, 0.3) is 0 Å². The number of carbonyl (C=O) groups excluding carboxylic acids is 1. The molecule has 0 aliphatic rings. The molecule has 0 saturated carbocycles. The van der Waals surface area contributed by atoms with Crippen molar-refractivity contribution in [3.8, 4) is 0 Å². The largest absolute Gasteiger partial charge is 0.394 e. The molecule has 3 unspecified atom stereocenters. The first kappa shape index (κ1) is 50.1. The first-order valence-corrected chi connectivity index (χ1v) is 23.0. The lowest BCUT2D eigenvalue weighted by atomic mass is 10.0. The molecule has 1 amide bonds. The molecule has 0 bridgehead atoms. The van der Waals surface area contributed by atoms with E-state index in [0.29, 0.717) is 12.8 Å². The van der Waals surface area contributed by atoms with Crippen molar-refractivity contribution in [3.63, 3.8) is 0 Å². The molecule has 0 aromatic rings. The van der Waals surface area contributed by atoms with Crippen molar-refractivity contribution in [1.82, 2.24) is 5.32 Å². The van der Waals surface area contributed by atoms with Gasteiger partial charge in [-0.1, -0.05) is 219 Å². The number of allylic oxidation sites excluding steroid dienone is 2. The summed E-state index contributed by atoms with van der Waals surface area (Å²) in [6, 6.07) is -0.657. The Hall–Kier alpha value is -0.910. The minimum absolute atomic E-state index is 0.0339. The van der Waals surface area contributed by atoms with Gasteiger partial charge in [-0.05, 0) is 38.5 Å². The number of nitrogens with one attached hydrogen (secondary N) is 1. The summed E-state index contributed by atoms with van der Waals surface area (Å²) < 4.78 is 0. The van der Waals surface area contributed by atoms with Crippen LogP contribution in [0, 0.1) is 0 Å². The maximum absolute atomic E-state index is 12.5. The number of rotatable bonds is 42. The number of aliphatic hydroxyl groups is 3. The van der Waals surface area contributed by atoms with Crippen LogP contribution in [-0.2, 0) is 4.79 Å². The van der Waals surface area contributed by atoms with Gasteiger partial charge >= 0.3 is 0 Å². The van der Waals surface area contributed by atoms with Crippen LogP contribution in [0.3, 0.4) is 0 Å². The second kappa shape index (κ2) is 41.8. The fourth-order valence-electron chi connectivity index (χ4n) is 7.28. The topological polar surface area (TPSA) is 89.8 Å². The van der Waals surface area contributed by atoms with E-state index in [1.807, 2.05) is 0 Å². The SMILES string of the molecule is CCCCCCCCCCCCCC/C=C\CCCCCCCC(O)CC(=O)NC(CO)C(O)CCCCCCCCCCCCCCCCC. The van der Waals surface area contributed by atoms with Crippen LogP contribution in [0.2, 0.25) is 0 Å². The van der Waals surface area contributed by atoms with E-state index in [2.05, 4.69) is 31.3 Å². The number of hydrogen-bond donors (Lipinski definition) is 4. The van der Waals surface area contributed by atoms with Crippen LogP contribution in [0.1, 0.15) is 251 Å². The van der Waals surface area contributed by atoms with Gasteiger partial charge in [-0.2, -0.15) is 0 Å². The van der Waals surface area contributed by atoms with Crippen molar-refractivity contribution in [1.29, 1.82) is 0 Å². The third-order valence-electron chi connectivity index (χ3n) is 10.8. The lowest BCUT2D eigenvalue weighted by Gasteiger charge is -2.23. The van der Waals surface area contributed by atoms with Crippen LogP contribution in [0.5, 0.6) is 0 Å². The highest BCUT2D eigenvalue weighted by Gasteiger charge is 2.21. The molecular weight excluding hydrogens is 631 g/mol. The molecule has 0 spiro atoms. The van der Waals surface area contributed by atoms with E-state index in [4.69, 9.17) is 0 Å². The normalized spacial score (nSPS) is 13.6. The molecule has 0 rings (SSSR count). The van der Waals surface area contributed by atoms with Crippen molar-refractivity contribution in [2.75, 3.05) is 6.61 Å². The number of carbonyl (C=O) groups is 1. The summed E-state index contributed by atoms with van der Waals surface area (Å²) in [5.41, 5.74) is 0. The van der Waals surface area contributed by atoms with Gasteiger partial charge in [-0.25, -0.2) is 0 Å². The first-order valence-electron chi connectivity index (χ1n) is 23.0. The van der Waals surface area contributed by atoms with Crippen LogP contribution in [-0.4, -0.2) is 46.1 Å². The highest BCUT2D eigenvalue weighted by atomic mass is 16.3. The molecule has 0 aromatic carbocycles. The first-order chi connectivity index (χ1) is 25.0. The van der Waals surface area contributed by atoms with Crippen LogP contribution < -0.4 is 5.32 Å². The van der Waals surface area contributed by atoms with Crippen LogP contribution >= 0.6 is 0 Å². The summed E-state index contributed by atoms with van der Waals surface area (Å²) in [4.78, 5) is 12.5. The Labute approximate surface area is 319 Å². The molecule has 0 aliphatic carbocycles. The van der Waals surface area contributed by atoms with Gasteiger partial charge in [0.25, 0.3) is 0 Å². The fourth-order valence-corrected chi connectivity index (χ4v) is 7.28. The van der Waals surface area contributed by atoms with E-state index >= 15 is 0 Å². The monoisotopic (exact) mass is 722 g/mol. The second-order valence-corrected chi connectivity index (χ2v) is 16.0. The number of amides is 1. The Morgan fingerprint density at radius 3 is 1.14 bits per heavy atom. The van der Waals surface area contributed by atoms with Crippen LogP contribution in [0.15, 0.2) is 12.2 Å². The summed E-state index contributed by atoms with van der Waals surface area (Å²) in [6.45, 7) is 4.28. The Kier molecular flexibility index (Phi) is 41.1. The summed E-state index contributed by atoms with van der Waals surface area (Å²) in [5.74, 6) is -0.285. The number of hydrogen-bond acceptors (Lipinski definition) is 4. The summed E-state index contributed by atoms with van der Waals surface area (Å²) in [5, 5.41) is 33.4. The lowest BCUT2D eigenvalue weighted by Crippen LogP contribution is -2.46. The van der Waals surface area contributed by atoms with Crippen molar-refractivity contribution < 1.29 is 20.1 Å².